The molecule has 1 heterocycles. The number of carbonyl (C=O) groups excluding carboxylic acids is 1. The van der Waals surface area contributed by atoms with Gasteiger partial charge in [0.15, 0.2) is 15.6 Å². The van der Waals surface area contributed by atoms with Crippen LogP contribution in [0, 0.1) is 13.8 Å². The second kappa shape index (κ2) is 8.29. The van der Waals surface area contributed by atoms with E-state index in [1.54, 1.807) is 31.3 Å². The molecule has 29 heavy (non-hydrogen) atoms. The summed E-state index contributed by atoms with van der Waals surface area (Å²) in [4.78, 5) is 14.4. The van der Waals surface area contributed by atoms with Crippen LogP contribution in [0.3, 0.4) is 0 Å². The molecule has 7 heteroatoms. The van der Waals surface area contributed by atoms with E-state index >= 15 is 0 Å². The topological polar surface area (TPSA) is 76.8 Å². The Morgan fingerprint density at radius 1 is 1.10 bits per heavy atom. The molecule has 1 aromatic heterocycles. The van der Waals surface area contributed by atoms with Crippen molar-refractivity contribution in [2.24, 2.45) is 0 Å². The van der Waals surface area contributed by atoms with E-state index in [0.29, 0.717) is 29.7 Å². The van der Waals surface area contributed by atoms with E-state index in [-0.39, 0.29) is 17.4 Å². The summed E-state index contributed by atoms with van der Waals surface area (Å²) < 4.78 is 35.3. The van der Waals surface area contributed by atoms with Gasteiger partial charge in [-0.25, -0.2) is 8.42 Å². The highest BCUT2D eigenvalue weighted by Gasteiger charge is 2.25. The quantitative estimate of drug-likeness (QED) is 0.587. The molecule has 0 saturated heterocycles. The number of para-hydroxylation sites is 1. The zero-order valence-corrected chi connectivity index (χ0v) is 17.9. The van der Waals surface area contributed by atoms with Crippen molar-refractivity contribution in [2.45, 2.75) is 19.6 Å². The number of hydrogen-bond donors (Lipinski definition) is 0. The molecule has 0 aliphatic heterocycles. The number of amides is 1. The summed E-state index contributed by atoms with van der Waals surface area (Å²) in [6, 6.07) is 13.0. The monoisotopic (exact) mass is 415 g/mol. The number of likely N-dealkylation sites (N-methyl/N-ethyl adjacent to an activating group) is 1. The molecule has 6 nitrogen and oxygen atoms in total. The van der Waals surface area contributed by atoms with Gasteiger partial charge >= 0.3 is 0 Å². The Bertz CT molecular complexity index is 1130. The fourth-order valence-electron chi connectivity index (χ4n) is 3.27. The van der Waals surface area contributed by atoms with Crippen LogP contribution in [0.1, 0.15) is 27.2 Å². The van der Waals surface area contributed by atoms with Gasteiger partial charge in [-0.2, -0.15) is 0 Å². The first-order chi connectivity index (χ1) is 13.6. The summed E-state index contributed by atoms with van der Waals surface area (Å²) in [5.74, 6) is 0.192. The molecule has 0 fully saturated rings. The van der Waals surface area contributed by atoms with Crippen molar-refractivity contribution in [1.29, 1.82) is 0 Å². The number of fused-ring (bicyclic) bond motifs is 1. The first-order valence-corrected chi connectivity index (χ1v) is 11.3. The first kappa shape index (κ1) is 20.9. The van der Waals surface area contributed by atoms with Crippen LogP contribution in [0.25, 0.3) is 11.0 Å². The Kier molecular flexibility index (Phi) is 5.98. The molecule has 0 radical (unpaired) electrons. The maximum Gasteiger partial charge on any atom is 0.289 e. The van der Waals surface area contributed by atoms with E-state index in [9.17, 15) is 13.2 Å². The van der Waals surface area contributed by atoms with Crippen molar-refractivity contribution >= 4 is 26.7 Å². The zero-order chi connectivity index (χ0) is 21.2. The van der Waals surface area contributed by atoms with E-state index in [0.717, 1.165) is 23.1 Å². The number of hydrogen-bond acceptors (Lipinski definition) is 5. The van der Waals surface area contributed by atoms with Crippen LogP contribution in [0.5, 0.6) is 5.75 Å². The van der Waals surface area contributed by atoms with Gasteiger partial charge in [0, 0.05) is 24.3 Å². The predicted octanol–water partition coefficient (Wildman–Crippen LogP) is 3.75. The van der Waals surface area contributed by atoms with Crippen LogP contribution in [-0.2, 0) is 15.6 Å². The largest absolute Gasteiger partial charge is 0.492 e. The van der Waals surface area contributed by atoms with Crippen LogP contribution < -0.4 is 4.74 Å². The number of rotatable bonds is 7. The standard InChI is InChI=1S/C22H25NO5S/c1-15-11-16(2)13-17(12-15)27-10-9-23(3)22(24)21-19(14-29(4,25)26)18-7-5-6-8-20(18)28-21/h5-8,11-13H,9-10,14H2,1-4H3. The Labute approximate surface area is 171 Å². The number of sulfone groups is 1. The van der Waals surface area contributed by atoms with Gasteiger partial charge in [-0.1, -0.05) is 24.3 Å². The maximum atomic E-state index is 13.0. The number of nitrogens with zero attached hydrogens (tertiary/aromatic N) is 1. The van der Waals surface area contributed by atoms with Gasteiger partial charge in [-0.3, -0.25) is 4.79 Å². The molecule has 0 saturated carbocycles. The Morgan fingerprint density at radius 3 is 2.41 bits per heavy atom. The van der Waals surface area contributed by atoms with Gasteiger partial charge in [-0.05, 0) is 43.2 Å². The van der Waals surface area contributed by atoms with Crippen molar-refractivity contribution in [3.63, 3.8) is 0 Å². The number of furan rings is 1. The van der Waals surface area contributed by atoms with Crippen LogP contribution >= 0.6 is 0 Å². The van der Waals surface area contributed by atoms with Gasteiger partial charge in [0.1, 0.15) is 17.9 Å². The average molecular weight is 416 g/mol. The third kappa shape index (κ3) is 5.17. The Balaban J connectivity index is 1.76. The van der Waals surface area contributed by atoms with Crippen molar-refractivity contribution in [1.82, 2.24) is 4.90 Å². The molecule has 3 aromatic rings. The van der Waals surface area contributed by atoms with Crippen molar-refractivity contribution in [2.75, 3.05) is 26.5 Å². The summed E-state index contributed by atoms with van der Waals surface area (Å²) >= 11 is 0. The minimum Gasteiger partial charge on any atom is -0.492 e. The summed E-state index contributed by atoms with van der Waals surface area (Å²) in [5.41, 5.74) is 3.11. The number of aryl methyl sites for hydroxylation is 2. The van der Waals surface area contributed by atoms with E-state index in [4.69, 9.17) is 9.15 Å². The maximum absolute atomic E-state index is 13.0. The number of carbonyl (C=O) groups is 1. The van der Waals surface area contributed by atoms with Crippen molar-refractivity contribution in [3.8, 4) is 5.75 Å². The SMILES string of the molecule is Cc1cc(C)cc(OCCN(C)C(=O)c2oc3ccccc3c2CS(C)(=O)=O)c1. The van der Waals surface area contributed by atoms with Crippen LogP contribution in [-0.4, -0.2) is 45.7 Å². The number of ether oxygens (including phenoxy) is 1. The third-order valence-electron chi connectivity index (χ3n) is 4.54. The van der Waals surface area contributed by atoms with Gasteiger partial charge in [-0.15, -0.1) is 0 Å². The molecule has 0 aliphatic carbocycles. The van der Waals surface area contributed by atoms with Crippen LogP contribution in [0.4, 0.5) is 0 Å². The third-order valence-corrected chi connectivity index (χ3v) is 5.35. The smallest absolute Gasteiger partial charge is 0.289 e. The fraction of sp³-hybridized carbons (Fsp3) is 0.318. The molecule has 2 aromatic carbocycles. The predicted molar refractivity (Wildman–Crippen MR) is 113 cm³/mol. The molecule has 0 spiro atoms. The fourth-order valence-corrected chi connectivity index (χ4v) is 4.08. The Hall–Kier alpha value is -2.80. The highest BCUT2D eigenvalue weighted by molar-refractivity contribution is 7.89. The molecule has 1 amide bonds. The normalized spacial score (nSPS) is 11.6. The molecule has 0 atom stereocenters. The van der Waals surface area contributed by atoms with Gasteiger partial charge < -0.3 is 14.1 Å². The van der Waals surface area contributed by atoms with E-state index in [1.807, 2.05) is 26.0 Å². The lowest BCUT2D eigenvalue weighted by Crippen LogP contribution is -2.31. The minimum atomic E-state index is -3.34. The van der Waals surface area contributed by atoms with Crippen LogP contribution in [0.2, 0.25) is 0 Å². The van der Waals surface area contributed by atoms with Crippen molar-refractivity contribution < 1.29 is 22.4 Å². The zero-order valence-electron chi connectivity index (χ0n) is 17.1. The first-order valence-electron chi connectivity index (χ1n) is 9.29. The number of benzene rings is 2. The molecule has 0 unspecified atom stereocenters. The highest BCUT2D eigenvalue weighted by Crippen LogP contribution is 2.28. The molecule has 154 valence electrons. The second-order valence-corrected chi connectivity index (χ2v) is 9.51. The van der Waals surface area contributed by atoms with Gasteiger partial charge in [0.05, 0.1) is 12.3 Å². The second-order valence-electron chi connectivity index (χ2n) is 7.37. The molecular weight excluding hydrogens is 390 g/mol. The lowest BCUT2D eigenvalue weighted by atomic mass is 10.1. The summed E-state index contributed by atoms with van der Waals surface area (Å²) in [6.07, 6.45) is 1.14. The summed E-state index contributed by atoms with van der Waals surface area (Å²) in [5, 5.41) is 0.640. The molecular formula is C22H25NO5S. The van der Waals surface area contributed by atoms with E-state index in [2.05, 4.69) is 6.07 Å². The summed E-state index contributed by atoms with van der Waals surface area (Å²) in [7, 11) is -1.69. The van der Waals surface area contributed by atoms with Crippen LogP contribution in [0.15, 0.2) is 46.9 Å². The minimum absolute atomic E-state index is 0.0607. The van der Waals surface area contributed by atoms with Crippen molar-refractivity contribution in [3.05, 3.63) is 64.9 Å². The lowest BCUT2D eigenvalue weighted by Gasteiger charge is -2.17. The highest BCUT2D eigenvalue weighted by atomic mass is 32.2. The molecule has 0 N–H and O–H groups in total. The molecule has 3 rings (SSSR count). The lowest BCUT2D eigenvalue weighted by molar-refractivity contribution is 0.0743. The van der Waals surface area contributed by atoms with Gasteiger partial charge in [0.25, 0.3) is 5.91 Å². The van der Waals surface area contributed by atoms with E-state index in [1.165, 1.54) is 4.90 Å². The van der Waals surface area contributed by atoms with E-state index < -0.39 is 9.84 Å². The average Bonchev–Trinajstić information content (AvgIpc) is 2.97. The van der Waals surface area contributed by atoms with Gasteiger partial charge in [0.2, 0.25) is 0 Å². The molecule has 0 aliphatic rings. The molecule has 0 bridgehead atoms. The Morgan fingerprint density at radius 2 is 1.76 bits per heavy atom. The summed E-state index contributed by atoms with van der Waals surface area (Å²) in [6.45, 7) is 4.65.